The number of aromatic nitrogens is 1. The summed E-state index contributed by atoms with van der Waals surface area (Å²) in [4.78, 5) is 27.1. The smallest absolute Gasteiger partial charge is 0.338 e. The summed E-state index contributed by atoms with van der Waals surface area (Å²) in [5, 5.41) is 13.7. The standard InChI is InChI=1S/C19H16N2O6S/c1-25-15-6-3-12(4-7-15)18-20-14(11-28-18)10-27-19(22)13-5-8-17(26-2)16(9-13)21(23)24/h3-9,11H,10H2,1-2H3. The fraction of sp³-hybridized carbons (Fsp3) is 0.158. The molecule has 0 aliphatic heterocycles. The van der Waals surface area contributed by atoms with Gasteiger partial charge in [0.15, 0.2) is 5.75 Å². The lowest BCUT2D eigenvalue weighted by Crippen LogP contribution is -2.06. The Morgan fingerprint density at radius 1 is 1.14 bits per heavy atom. The molecule has 9 heteroatoms. The van der Waals surface area contributed by atoms with Crippen molar-refractivity contribution in [3.05, 3.63) is 69.2 Å². The topological polar surface area (TPSA) is 101 Å². The van der Waals surface area contributed by atoms with Gasteiger partial charge in [-0.25, -0.2) is 9.78 Å². The van der Waals surface area contributed by atoms with Gasteiger partial charge in [0.05, 0.1) is 30.4 Å². The Kier molecular flexibility index (Phi) is 5.85. The molecule has 1 aromatic heterocycles. The number of benzene rings is 2. The Hall–Kier alpha value is -3.46. The molecule has 0 spiro atoms. The highest BCUT2D eigenvalue weighted by molar-refractivity contribution is 7.13. The first kappa shape index (κ1) is 19.3. The summed E-state index contributed by atoms with van der Waals surface area (Å²) in [5.41, 5.74) is 1.28. The van der Waals surface area contributed by atoms with Gasteiger partial charge >= 0.3 is 11.7 Å². The number of esters is 1. The molecule has 0 amide bonds. The van der Waals surface area contributed by atoms with Gasteiger partial charge in [0.25, 0.3) is 0 Å². The summed E-state index contributed by atoms with van der Waals surface area (Å²) >= 11 is 1.43. The molecule has 28 heavy (non-hydrogen) atoms. The van der Waals surface area contributed by atoms with Crippen molar-refractivity contribution in [2.45, 2.75) is 6.61 Å². The van der Waals surface area contributed by atoms with Crippen LogP contribution in [0.1, 0.15) is 16.1 Å². The van der Waals surface area contributed by atoms with Crippen molar-refractivity contribution in [2.75, 3.05) is 14.2 Å². The van der Waals surface area contributed by atoms with Gasteiger partial charge < -0.3 is 14.2 Å². The number of nitro groups is 1. The molecule has 144 valence electrons. The number of thiazole rings is 1. The number of rotatable bonds is 7. The van der Waals surface area contributed by atoms with Crippen LogP contribution in [0.15, 0.2) is 47.8 Å². The number of hydrogen-bond acceptors (Lipinski definition) is 8. The number of carbonyl (C=O) groups is 1. The summed E-state index contributed by atoms with van der Waals surface area (Å²) in [6.45, 7) is -0.0364. The summed E-state index contributed by atoms with van der Waals surface area (Å²) < 4.78 is 15.3. The number of nitrogens with zero attached hydrogens (tertiary/aromatic N) is 2. The second kappa shape index (κ2) is 8.49. The SMILES string of the molecule is COc1ccc(-c2nc(COC(=O)c3ccc(OC)c([N+](=O)[O-])c3)cs2)cc1. The third-order valence-corrected chi connectivity index (χ3v) is 4.79. The van der Waals surface area contributed by atoms with E-state index in [1.807, 2.05) is 24.3 Å². The van der Waals surface area contributed by atoms with Gasteiger partial charge in [-0.15, -0.1) is 11.3 Å². The Morgan fingerprint density at radius 3 is 2.54 bits per heavy atom. The molecule has 0 saturated carbocycles. The number of methoxy groups -OCH3 is 2. The van der Waals surface area contributed by atoms with E-state index in [0.717, 1.165) is 22.4 Å². The first-order valence-electron chi connectivity index (χ1n) is 8.10. The molecule has 8 nitrogen and oxygen atoms in total. The van der Waals surface area contributed by atoms with Gasteiger partial charge in [0.2, 0.25) is 0 Å². The maximum absolute atomic E-state index is 12.2. The second-order valence-corrected chi connectivity index (χ2v) is 6.45. The first-order valence-corrected chi connectivity index (χ1v) is 8.98. The van der Waals surface area contributed by atoms with E-state index in [-0.39, 0.29) is 23.6 Å². The van der Waals surface area contributed by atoms with E-state index in [1.165, 1.54) is 30.6 Å². The van der Waals surface area contributed by atoms with Gasteiger partial charge in [0.1, 0.15) is 17.4 Å². The highest BCUT2D eigenvalue weighted by atomic mass is 32.1. The van der Waals surface area contributed by atoms with Gasteiger partial charge in [-0.2, -0.15) is 0 Å². The fourth-order valence-corrected chi connectivity index (χ4v) is 3.23. The Balaban J connectivity index is 1.67. The third-order valence-electron chi connectivity index (χ3n) is 3.85. The van der Waals surface area contributed by atoms with Crippen molar-refractivity contribution < 1.29 is 23.9 Å². The average molecular weight is 400 g/mol. The predicted molar refractivity (Wildman–Crippen MR) is 103 cm³/mol. The van der Waals surface area contributed by atoms with E-state index in [1.54, 1.807) is 12.5 Å². The molecular weight excluding hydrogens is 384 g/mol. The normalized spacial score (nSPS) is 10.4. The molecule has 0 saturated heterocycles. The zero-order chi connectivity index (χ0) is 20.1. The lowest BCUT2D eigenvalue weighted by Gasteiger charge is -2.05. The van der Waals surface area contributed by atoms with Crippen LogP contribution in [0, 0.1) is 10.1 Å². The Labute approximate surface area is 164 Å². The van der Waals surface area contributed by atoms with Gasteiger partial charge in [-0.05, 0) is 36.4 Å². The van der Waals surface area contributed by atoms with E-state index in [4.69, 9.17) is 14.2 Å². The Bertz CT molecular complexity index is 1000. The minimum absolute atomic E-state index is 0.0364. The van der Waals surface area contributed by atoms with E-state index < -0.39 is 10.9 Å². The molecule has 0 unspecified atom stereocenters. The minimum Gasteiger partial charge on any atom is -0.497 e. The highest BCUT2D eigenvalue weighted by Gasteiger charge is 2.19. The minimum atomic E-state index is -0.676. The summed E-state index contributed by atoms with van der Waals surface area (Å²) in [5.74, 6) is 0.151. The Morgan fingerprint density at radius 2 is 1.89 bits per heavy atom. The van der Waals surface area contributed by atoms with Gasteiger partial charge in [-0.3, -0.25) is 10.1 Å². The van der Waals surface area contributed by atoms with Crippen LogP contribution in [0.3, 0.4) is 0 Å². The van der Waals surface area contributed by atoms with Crippen molar-refractivity contribution in [1.82, 2.24) is 4.98 Å². The van der Waals surface area contributed by atoms with Crippen LogP contribution in [0.25, 0.3) is 10.6 Å². The van der Waals surface area contributed by atoms with Gasteiger partial charge in [0, 0.05) is 17.0 Å². The predicted octanol–water partition coefficient (Wildman–Crippen LogP) is 4.09. The van der Waals surface area contributed by atoms with E-state index >= 15 is 0 Å². The lowest BCUT2D eigenvalue weighted by molar-refractivity contribution is -0.385. The summed E-state index contributed by atoms with van der Waals surface area (Å²) in [6.07, 6.45) is 0. The zero-order valence-electron chi connectivity index (χ0n) is 15.1. The van der Waals surface area contributed by atoms with E-state index in [9.17, 15) is 14.9 Å². The first-order chi connectivity index (χ1) is 13.5. The van der Waals surface area contributed by atoms with Gasteiger partial charge in [-0.1, -0.05) is 0 Å². The monoisotopic (exact) mass is 400 g/mol. The molecule has 0 fully saturated rings. The van der Waals surface area contributed by atoms with Crippen molar-refractivity contribution in [1.29, 1.82) is 0 Å². The molecule has 0 radical (unpaired) electrons. The highest BCUT2D eigenvalue weighted by Crippen LogP contribution is 2.28. The quantitative estimate of drug-likeness (QED) is 0.334. The number of ether oxygens (including phenoxy) is 3. The lowest BCUT2D eigenvalue weighted by atomic mass is 10.2. The molecule has 3 rings (SSSR count). The van der Waals surface area contributed by atoms with Crippen LogP contribution in [0.2, 0.25) is 0 Å². The molecule has 0 bridgehead atoms. The van der Waals surface area contributed by atoms with Crippen LogP contribution in [0.5, 0.6) is 11.5 Å². The number of carbonyl (C=O) groups excluding carboxylic acids is 1. The second-order valence-electron chi connectivity index (χ2n) is 5.59. The zero-order valence-corrected chi connectivity index (χ0v) is 15.9. The molecule has 1 heterocycles. The largest absolute Gasteiger partial charge is 0.497 e. The van der Waals surface area contributed by atoms with Crippen molar-refractivity contribution in [2.24, 2.45) is 0 Å². The van der Waals surface area contributed by atoms with Crippen molar-refractivity contribution >= 4 is 23.0 Å². The molecule has 3 aromatic rings. The molecule has 0 aliphatic carbocycles. The maximum atomic E-state index is 12.2. The molecular formula is C19H16N2O6S. The average Bonchev–Trinajstić information content (AvgIpc) is 3.20. The molecule has 0 atom stereocenters. The van der Waals surface area contributed by atoms with Crippen molar-refractivity contribution in [3.8, 4) is 22.1 Å². The summed E-state index contributed by atoms with van der Waals surface area (Å²) in [7, 11) is 2.92. The molecule has 2 aromatic carbocycles. The third kappa shape index (κ3) is 4.26. The van der Waals surface area contributed by atoms with Crippen molar-refractivity contribution in [3.63, 3.8) is 0 Å². The van der Waals surface area contributed by atoms with Crippen LogP contribution in [0.4, 0.5) is 5.69 Å². The van der Waals surface area contributed by atoms with Crippen LogP contribution < -0.4 is 9.47 Å². The summed E-state index contributed by atoms with van der Waals surface area (Å²) in [6, 6.07) is 11.4. The van der Waals surface area contributed by atoms with Crippen LogP contribution in [-0.4, -0.2) is 30.1 Å². The van der Waals surface area contributed by atoms with Crippen LogP contribution in [-0.2, 0) is 11.3 Å². The molecule has 0 N–H and O–H groups in total. The van der Waals surface area contributed by atoms with E-state index in [2.05, 4.69) is 4.98 Å². The van der Waals surface area contributed by atoms with E-state index in [0.29, 0.717) is 5.69 Å². The maximum Gasteiger partial charge on any atom is 0.338 e. The van der Waals surface area contributed by atoms with Crippen LogP contribution >= 0.6 is 11.3 Å². The number of hydrogen-bond donors (Lipinski definition) is 0. The molecule has 0 aliphatic rings. The fourth-order valence-electron chi connectivity index (χ4n) is 2.42. The number of nitro benzene ring substituents is 1.